The number of nitrogens with one attached hydrogen (secondary N) is 1. The van der Waals surface area contributed by atoms with Gasteiger partial charge >= 0.3 is 6.18 Å². The van der Waals surface area contributed by atoms with Gasteiger partial charge in [0.2, 0.25) is 0 Å². The molecule has 1 heterocycles. The molecule has 0 saturated carbocycles. The maximum Gasteiger partial charge on any atom is 0.417 e. The Kier molecular flexibility index (Phi) is 5.23. The second-order valence-electron chi connectivity index (χ2n) is 3.59. The molecule has 1 aromatic rings. The number of anilines is 1. The molecule has 0 saturated heterocycles. The third kappa shape index (κ3) is 4.41. The second kappa shape index (κ2) is 6.45. The quantitative estimate of drug-likeness (QED) is 0.832. The van der Waals surface area contributed by atoms with Gasteiger partial charge in [0.1, 0.15) is 5.82 Å². The van der Waals surface area contributed by atoms with Gasteiger partial charge in [-0.15, -0.1) is 0 Å². The second-order valence-corrected chi connectivity index (χ2v) is 4.00. The van der Waals surface area contributed by atoms with E-state index >= 15 is 0 Å². The van der Waals surface area contributed by atoms with E-state index in [0.717, 1.165) is 25.1 Å². The average Bonchev–Trinajstić information content (AvgIpc) is 2.29. The molecule has 0 fully saturated rings. The molecule has 1 N–H and O–H groups in total. The van der Waals surface area contributed by atoms with Crippen LogP contribution in [0.25, 0.3) is 0 Å². The number of hydrogen-bond acceptors (Lipinski definition) is 3. The molecule has 0 spiro atoms. The highest BCUT2D eigenvalue weighted by Crippen LogP contribution is 2.32. The SMILES string of the molecule is N#CCCCCNc1ncc(C(F)(F)F)cc1Cl. The van der Waals surface area contributed by atoms with Crippen LogP contribution in [0.15, 0.2) is 12.3 Å². The fourth-order valence-electron chi connectivity index (χ4n) is 1.26. The number of nitrogens with zero attached hydrogens (tertiary/aromatic N) is 2. The summed E-state index contributed by atoms with van der Waals surface area (Å²) >= 11 is 5.70. The molecular weight excluding hydrogens is 267 g/mol. The molecule has 18 heavy (non-hydrogen) atoms. The number of unbranched alkanes of at least 4 members (excludes halogenated alkanes) is 2. The van der Waals surface area contributed by atoms with Crippen LogP contribution in [0.5, 0.6) is 0 Å². The van der Waals surface area contributed by atoms with Crippen LogP contribution in [0.2, 0.25) is 5.02 Å². The molecule has 0 amide bonds. The highest BCUT2D eigenvalue weighted by atomic mass is 35.5. The maximum absolute atomic E-state index is 12.3. The van der Waals surface area contributed by atoms with Gasteiger partial charge in [0.15, 0.2) is 0 Å². The first-order valence-electron chi connectivity index (χ1n) is 5.28. The molecule has 0 aliphatic rings. The van der Waals surface area contributed by atoms with Gasteiger partial charge in [-0.3, -0.25) is 0 Å². The largest absolute Gasteiger partial charge is 0.417 e. The normalized spacial score (nSPS) is 11.1. The zero-order chi connectivity index (χ0) is 13.6. The lowest BCUT2D eigenvalue weighted by Crippen LogP contribution is -2.08. The third-order valence-electron chi connectivity index (χ3n) is 2.18. The molecule has 1 aromatic heterocycles. The van der Waals surface area contributed by atoms with Crippen molar-refractivity contribution in [3.63, 3.8) is 0 Å². The lowest BCUT2D eigenvalue weighted by Gasteiger charge is -2.10. The lowest BCUT2D eigenvalue weighted by molar-refractivity contribution is -0.137. The van der Waals surface area contributed by atoms with E-state index in [0.29, 0.717) is 13.0 Å². The van der Waals surface area contributed by atoms with Gasteiger partial charge < -0.3 is 5.32 Å². The zero-order valence-electron chi connectivity index (χ0n) is 9.39. The summed E-state index contributed by atoms with van der Waals surface area (Å²) in [6, 6.07) is 2.85. The van der Waals surface area contributed by atoms with Gasteiger partial charge in [0, 0.05) is 19.2 Å². The first kappa shape index (κ1) is 14.6. The Morgan fingerprint density at radius 2 is 2.11 bits per heavy atom. The van der Waals surface area contributed by atoms with E-state index in [9.17, 15) is 13.2 Å². The van der Waals surface area contributed by atoms with Crippen molar-refractivity contribution in [1.82, 2.24) is 4.98 Å². The minimum absolute atomic E-state index is 0.0647. The Morgan fingerprint density at radius 3 is 2.67 bits per heavy atom. The summed E-state index contributed by atoms with van der Waals surface area (Å²) in [6.07, 6.45) is -1.80. The van der Waals surface area contributed by atoms with E-state index < -0.39 is 11.7 Å². The standard InChI is InChI=1S/C11H11ClF3N3/c12-9-6-8(11(13,14)15)7-18-10(9)17-5-3-1-2-4-16/h6-7H,1-3,5H2,(H,17,18). The summed E-state index contributed by atoms with van der Waals surface area (Å²) in [5, 5.41) is 11.1. The van der Waals surface area contributed by atoms with Gasteiger partial charge in [-0.25, -0.2) is 4.98 Å². The minimum atomic E-state index is -4.44. The van der Waals surface area contributed by atoms with Crippen molar-refractivity contribution in [3.8, 4) is 6.07 Å². The predicted octanol–water partition coefficient (Wildman–Crippen LogP) is 3.86. The smallest absolute Gasteiger partial charge is 0.369 e. The Labute approximate surface area is 108 Å². The van der Waals surface area contributed by atoms with E-state index in [1.807, 2.05) is 6.07 Å². The number of pyridine rings is 1. The molecule has 0 radical (unpaired) electrons. The number of alkyl halides is 3. The van der Waals surface area contributed by atoms with E-state index in [1.165, 1.54) is 0 Å². The highest BCUT2D eigenvalue weighted by Gasteiger charge is 2.31. The molecule has 7 heteroatoms. The molecule has 1 rings (SSSR count). The highest BCUT2D eigenvalue weighted by molar-refractivity contribution is 6.32. The van der Waals surface area contributed by atoms with Crippen LogP contribution >= 0.6 is 11.6 Å². The van der Waals surface area contributed by atoms with E-state index in [-0.39, 0.29) is 10.8 Å². The fraction of sp³-hybridized carbons (Fsp3) is 0.455. The summed E-state index contributed by atoms with van der Waals surface area (Å²) in [4.78, 5) is 3.63. The summed E-state index contributed by atoms with van der Waals surface area (Å²) in [5.41, 5.74) is -0.873. The molecular formula is C11H11ClF3N3. The Balaban J connectivity index is 2.56. The van der Waals surface area contributed by atoms with Crippen LogP contribution in [0.3, 0.4) is 0 Å². The van der Waals surface area contributed by atoms with E-state index in [4.69, 9.17) is 16.9 Å². The van der Waals surface area contributed by atoms with Crippen molar-refractivity contribution in [2.45, 2.75) is 25.4 Å². The Hall–Kier alpha value is -1.48. The van der Waals surface area contributed by atoms with Crippen LogP contribution in [0.4, 0.5) is 19.0 Å². The number of halogens is 4. The van der Waals surface area contributed by atoms with Gasteiger partial charge in [-0.1, -0.05) is 11.6 Å². The predicted molar refractivity (Wildman–Crippen MR) is 62.2 cm³/mol. The van der Waals surface area contributed by atoms with E-state index in [1.54, 1.807) is 0 Å². The maximum atomic E-state index is 12.3. The first-order chi connectivity index (χ1) is 8.45. The Morgan fingerprint density at radius 1 is 1.39 bits per heavy atom. The molecule has 0 aliphatic carbocycles. The monoisotopic (exact) mass is 277 g/mol. The van der Waals surface area contributed by atoms with Crippen LogP contribution in [0.1, 0.15) is 24.8 Å². The van der Waals surface area contributed by atoms with Crippen molar-refractivity contribution in [2.75, 3.05) is 11.9 Å². The lowest BCUT2D eigenvalue weighted by atomic mass is 10.2. The van der Waals surface area contributed by atoms with Gasteiger partial charge in [-0.2, -0.15) is 18.4 Å². The van der Waals surface area contributed by atoms with Crippen molar-refractivity contribution in [2.24, 2.45) is 0 Å². The van der Waals surface area contributed by atoms with Gasteiger partial charge in [0.05, 0.1) is 16.7 Å². The summed E-state index contributed by atoms with van der Waals surface area (Å²) in [6.45, 7) is 0.514. The first-order valence-corrected chi connectivity index (χ1v) is 5.66. The molecule has 0 unspecified atom stereocenters. The van der Waals surface area contributed by atoms with Gasteiger partial charge in [0.25, 0.3) is 0 Å². The summed E-state index contributed by atoms with van der Waals surface area (Å²) in [7, 11) is 0. The van der Waals surface area contributed by atoms with Crippen LogP contribution in [0, 0.1) is 11.3 Å². The minimum Gasteiger partial charge on any atom is -0.369 e. The zero-order valence-corrected chi connectivity index (χ0v) is 10.1. The van der Waals surface area contributed by atoms with Crippen molar-refractivity contribution < 1.29 is 13.2 Å². The third-order valence-corrected chi connectivity index (χ3v) is 2.46. The number of hydrogen-bond donors (Lipinski definition) is 1. The molecule has 3 nitrogen and oxygen atoms in total. The molecule has 0 bridgehead atoms. The van der Waals surface area contributed by atoms with Crippen molar-refractivity contribution in [1.29, 1.82) is 5.26 Å². The number of aromatic nitrogens is 1. The van der Waals surface area contributed by atoms with Crippen LogP contribution < -0.4 is 5.32 Å². The fourth-order valence-corrected chi connectivity index (χ4v) is 1.49. The summed E-state index contributed by atoms with van der Waals surface area (Å²) < 4.78 is 37.0. The van der Waals surface area contributed by atoms with Crippen LogP contribution in [-0.4, -0.2) is 11.5 Å². The molecule has 0 atom stereocenters. The van der Waals surface area contributed by atoms with Gasteiger partial charge in [-0.05, 0) is 18.9 Å². The van der Waals surface area contributed by atoms with Crippen molar-refractivity contribution in [3.05, 3.63) is 22.8 Å². The number of rotatable bonds is 5. The Bertz CT molecular complexity index is 440. The summed E-state index contributed by atoms with van der Waals surface area (Å²) in [5.74, 6) is 0.224. The topological polar surface area (TPSA) is 48.7 Å². The molecule has 0 aromatic carbocycles. The van der Waals surface area contributed by atoms with Crippen LogP contribution in [-0.2, 0) is 6.18 Å². The average molecular weight is 278 g/mol. The molecule has 98 valence electrons. The van der Waals surface area contributed by atoms with E-state index in [2.05, 4.69) is 10.3 Å². The molecule has 0 aliphatic heterocycles. The number of nitriles is 1. The van der Waals surface area contributed by atoms with Crippen molar-refractivity contribution >= 4 is 17.4 Å².